The highest BCUT2D eigenvalue weighted by atomic mass is 35.5. The number of rotatable bonds is 7. The second-order valence-electron chi connectivity index (χ2n) is 7.87. The summed E-state index contributed by atoms with van der Waals surface area (Å²) in [5.74, 6) is 1.76. The van der Waals surface area contributed by atoms with Crippen LogP contribution in [0.1, 0.15) is 17.0 Å². The second-order valence-corrected chi connectivity index (χ2v) is 8.71. The topological polar surface area (TPSA) is 44.5 Å². The molecule has 0 aliphatic heterocycles. The Labute approximate surface area is 213 Å². The van der Waals surface area contributed by atoms with E-state index in [0.29, 0.717) is 34.0 Å². The van der Waals surface area contributed by atoms with Crippen LogP contribution in [0.5, 0.6) is 11.5 Å². The first kappa shape index (κ1) is 23.0. The normalized spacial score (nSPS) is 11.3. The number of nitrogens with zero attached hydrogens (tertiary/aromatic N) is 1. The summed E-state index contributed by atoms with van der Waals surface area (Å²) in [4.78, 5) is 4.62. The average molecular weight is 502 g/mol. The van der Waals surface area contributed by atoms with Crippen LogP contribution in [0.4, 0.5) is 0 Å². The van der Waals surface area contributed by atoms with E-state index in [-0.39, 0.29) is 0 Å². The third-order valence-electron chi connectivity index (χ3n) is 5.52. The summed E-state index contributed by atoms with van der Waals surface area (Å²) in [6, 6.07) is 27.2. The number of aromatic nitrogens is 1. The van der Waals surface area contributed by atoms with Crippen LogP contribution >= 0.6 is 23.2 Å². The zero-order valence-electron chi connectivity index (χ0n) is 18.9. The summed E-state index contributed by atoms with van der Waals surface area (Å²) < 4.78 is 17.4. The van der Waals surface area contributed by atoms with Gasteiger partial charge in [-0.25, -0.2) is 4.98 Å². The molecule has 35 heavy (non-hydrogen) atoms. The van der Waals surface area contributed by atoms with Crippen LogP contribution < -0.4 is 9.47 Å². The van der Waals surface area contributed by atoms with Gasteiger partial charge in [-0.05, 0) is 59.2 Å². The van der Waals surface area contributed by atoms with Crippen molar-refractivity contribution in [2.45, 2.75) is 6.61 Å². The third kappa shape index (κ3) is 5.35. The molecule has 0 fully saturated rings. The molecule has 0 N–H and O–H groups in total. The van der Waals surface area contributed by atoms with Gasteiger partial charge in [-0.2, -0.15) is 0 Å². The van der Waals surface area contributed by atoms with Gasteiger partial charge in [0.2, 0.25) is 5.89 Å². The van der Waals surface area contributed by atoms with Crippen molar-refractivity contribution < 1.29 is 13.9 Å². The van der Waals surface area contributed by atoms with Crippen LogP contribution in [0.25, 0.3) is 34.4 Å². The van der Waals surface area contributed by atoms with Gasteiger partial charge >= 0.3 is 0 Å². The molecule has 0 spiro atoms. The number of ether oxygens (including phenoxy) is 2. The van der Waals surface area contributed by atoms with Crippen molar-refractivity contribution in [1.82, 2.24) is 4.98 Å². The molecule has 5 aromatic rings. The highest BCUT2D eigenvalue weighted by Gasteiger charge is 2.09. The number of halogens is 2. The van der Waals surface area contributed by atoms with Crippen molar-refractivity contribution >= 4 is 46.5 Å². The average Bonchev–Trinajstić information content (AvgIpc) is 3.30. The molecule has 0 aliphatic rings. The number of benzene rings is 4. The summed E-state index contributed by atoms with van der Waals surface area (Å²) >= 11 is 12.2. The standard InChI is InChI=1S/C29H21Cl2NO3/c1-33-28-15-19(7-12-27(28)34-18-22-9-11-23(30)17-24(22)31)8-14-29-32-25-16-21(10-13-26(25)35-29)20-5-3-2-4-6-20/h2-17H,18H2,1H3. The van der Waals surface area contributed by atoms with Crippen LogP contribution in [0.2, 0.25) is 10.0 Å². The van der Waals surface area contributed by atoms with Gasteiger partial charge in [-0.15, -0.1) is 0 Å². The minimum absolute atomic E-state index is 0.301. The van der Waals surface area contributed by atoms with E-state index in [0.717, 1.165) is 33.4 Å². The largest absolute Gasteiger partial charge is 0.493 e. The minimum atomic E-state index is 0.301. The van der Waals surface area contributed by atoms with E-state index in [9.17, 15) is 0 Å². The molecule has 1 heterocycles. The number of methoxy groups -OCH3 is 1. The zero-order valence-corrected chi connectivity index (χ0v) is 20.4. The van der Waals surface area contributed by atoms with Gasteiger partial charge in [-0.3, -0.25) is 0 Å². The van der Waals surface area contributed by atoms with Crippen molar-refractivity contribution in [2.24, 2.45) is 0 Å². The van der Waals surface area contributed by atoms with E-state index >= 15 is 0 Å². The molecule has 174 valence electrons. The Bertz CT molecular complexity index is 1510. The van der Waals surface area contributed by atoms with Crippen molar-refractivity contribution in [1.29, 1.82) is 0 Å². The van der Waals surface area contributed by atoms with Crippen molar-refractivity contribution in [3.8, 4) is 22.6 Å². The molecule has 0 atom stereocenters. The van der Waals surface area contributed by atoms with Crippen LogP contribution in [0.15, 0.2) is 89.3 Å². The Morgan fingerprint density at radius 2 is 1.69 bits per heavy atom. The van der Waals surface area contributed by atoms with Gasteiger partial charge in [0.05, 0.1) is 7.11 Å². The first-order chi connectivity index (χ1) is 17.1. The van der Waals surface area contributed by atoms with Gasteiger partial charge in [0.1, 0.15) is 12.1 Å². The lowest BCUT2D eigenvalue weighted by Crippen LogP contribution is -1.98. The SMILES string of the molecule is COc1cc(C=Cc2nc3cc(-c4ccccc4)ccc3o2)ccc1OCc1ccc(Cl)cc1Cl. The Balaban J connectivity index is 1.32. The first-order valence-electron chi connectivity index (χ1n) is 11.0. The number of hydrogen-bond donors (Lipinski definition) is 0. The van der Waals surface area contributed by atoms with Crippen molar-refractivity contribution in [3.63, 3.8) is 0 Å². The molecule has 0 unspecified atom stereocenters. The van der Waals surface area contributed by atoms with E-state index in [4.69, 9.17) is 37.1 Å². The molecule has 0 saturated heterocycles. The van der Waals surface area contributed by atoms with E-state index in [2.05, 4.69) is 17.1 Å². The number of hydrogen-bond acceptors (Lipinski definition) is 4. The van der Waals surface area contributed by atoms with Crippen LogP contribution in [-0.4, -0.2) is 12.1 Å². The smallest absolute Gasteiger partial charge is 0.220 e. The van der Waals surface area contributed by atoms with Gasteiger partial charge in [0.15, 0.2) is 17.1 Å². The van der Waals surface area contributed by atoms with Gasteiger partial charge in [0, 0.05) is 21.7 Å². The Hall–Kier alpha value is -3.73. The van der Waals surface area contributed by atoms with Crippen LogP contribution in [0, 0.1) is 0 Å². The third-order valence-corrected chi connectivity index (χ3v) is 6.10. The van der Waals surface area contributed by atoms with Crippen molar-refractivity contribution in [2.75, 3.05) is 7.11 Å². The summed E-state index contributed by atoms with van der Waals surface area (Å²) in [5.41, 5.74) is 5.56. The van der Waals surface area contributed by atoms with Crippen LogP contribution in [-0.2, 0) is 6.61 Å². The fraction of sp³-hybridized carbons (Fsp3) is 0.0690. The first-order valence-corrected chi connectivity index (χ1v) is 11.7. The lowest BCUT2D eigenvalue weighted by atomic mass is 10.1. The molecule has 1 aromatic heterocycles. The fourth-order valence-electron chi connectivity index (χ4n) is 3.70. The fourth-order valence-corrected chi connectivity index (χ4v) is 4.16. The predicted molar refractivity (Wildman–Crippen MR) is 142 cm³/mol. The molecular formula is C29H21Cl2NO3. The predicted octanol–water partition coefficient (Wildman–Crippen LogP) is 8.56. The summed E-state index contributed by atoms with van der Waals surface area (Å²) in [6.45, 7) is 0.301. The lowest BCUT2D eigenvalue weighted by Gasteiger charge is -2.12. The quantitative estimate of drug-likeness (QED) is 0.224. The Kier molecular flexibility index (Phi) is 6.75. The van der Waals surface area contributed by atoms with Gasteiger partial charge in [0.25, 0.3) is 0 Å². The Morgan fingerprint density at radius 3 is 2.49 bits per heavy atom. The zero-order chi connectivity index (χ0) is 24.2. The highest BCUT2D eigenvalue weighted by Crippen LogP contribution is 2.31. The molecule has 4 aromatic carbocycles. The highest BCUT2D eigenvalue weighted by molar-refractivity contribution is 6.35. The maximum Gasteiger partial charge on any atom is 0.220 e. The van der Waals surface area contributed by atoms with E-state index in [1.807, 2.05) is 72.8 Å². The molecular weight excluding hydrogens is 481 g/mol. The summed E-state index contributed by atoms with van der Waals surface area (Å²) in [7, 11) is 1.61. The number of oxazole rings is 1. The summed E-state index contributed by atoms with van der Waals surface area (Å²) in [6.07, 6.45) is 3.76. The second kappa shape index (κ2) is 10.3. The molecule has 4 nitrogen and oxygen atoms in total. The molecule has 0 aliphatic carbocycles. The monoisotopic (exact) mass is 501 g/mol. The minimum Gasteiger partial charge on any atom is -0.493 e. The maximum absolute atomic E-state index is 6.24. The summed E-state index contributed by atoms with van der Waals surface area (Å²) in [5, 5.41) is 1.15. The van der Waals surface area contributed by atoms with Crippen LogP contribution in [0.3, 0.4) is 0 Å². The molecule has 0 radical (unpaired) electrons. The van der Waals surface area contributed by atoms with E-state index in [1.54, 1.807) is 19.2 Å². The van der Waals surface area contributed by atoms with Gasteiger partial charge < -0.3 is 13.9 Å². The van der Waals surface area contributed by atoms with E-state index < -0.39 is 0 Å². The number of fused-ring (bicyclic) bond motifs is 1. The molecule has 0 bridgehead atoms. The maximum atomic E-state index is 6.24. The molecule has 6 heteroatoms. The molecule has 5 rings (SSSR count). The van der Waals surface area contributed by atoms with Crippen molar-refractivity contribution in [3.05, 3.63) is 112 Å². The molecule has 0 saturated carbocycles. The Morgan fingerprint density at radius 1 is 0.829 bits per heavy atom. The lowest BCUT2D eigenvalue weighted by molar-refractivity contribution is 0.284. The van der Waals surface area contributed by atoms with Gasteiger partial charge in [-0.1, -0.05) is 71.7 Å². The van der Waals surface area contributed by atoms with E-state index in [1.165, 1.54) is 0 Å². The molecule has 0 amide bonds.